The van der Waals surface area contributed by atoms with Crippen LogP contribution in [0.3, 0.4) is 0 Å². The Kier molecular flexibility index (Phi) is 9.23. The summed E-state index contributed by atoms with van der Waals surface area (Å²) in [6.07, 6.45) is 6.00. The molecule has 2 fully saturated rings. The zero-order chi connectivity index (χ0) is 23.8. The number of rotatable bonds is 9. The Hall–Kier alpha value is -2.48. The molecule has 1 aromatic rings. The molecule has 0 unspecified atom stereocenters. The number of likely N-dealkylation sites (tertiary alicyclic amines) is 2. The van der Waals surface area contributed by atoms with Crippen LogP contribution in [0.5, 0.6) is 17.2 Å². The van der Waals surface area contributed by atoms with Gasteiger partial charge in [-0.25, -0.2) is 0 Å². The zero-order valence-corrected chi connectivity index (χ0v) is 20.5. The first-order chi connectivity index (χ1) is 16.0. The van der Waals surface area contributed by atoms with Gasteiger partial charge >= 0.3 is 0 Å². The Bertz CT molecular complexity index is 782. The largest absolute Gasteiger partial charge is 0.493 e. The average Bonchev–Trinajstić information content (AvgIpc) is 2.84. The van der Waals surface area contributed by atoms with Crippen LogP contribution < -0.4 is 19.5 Å². The maximum absolute atomic E-state index is 13.1. The fourth-order valence-corrected chi connectivity index (χ4v) is 4.89. The molecule has 0 aliphatic carbocycles. The van der Waals surface area contributed by atoms with Crippen molar-refractivity contribution >= 4 is 11.8 Å². The second kappa shape index (κ2) is 12.1. The van der Waals surface area contributed by atoms with E-state index in [-0.39, 0.29) is 11.8 Å². The van der Waals surface area contributed by atoms with Gasteiger partial charge in [-0.15, -0.1) is 0 Å². The molecular formula is C25H39N3O5. The molecule has 1 N–H and O–H groups in total. The average molecular weight is 462 g/mol. The number of methoxy groups -OCH3 is 3. The second-order valence-corrected chi connectivity index (χ2v) is 9.08. The van der Waals surface area contributed by atoms with Crippen molar-refractivity contribution in [2.75, 3.05) is 54.1 Å². The normalized spacial score (nSPS) is 19.8. The Morgan fingerprint density at radius 2 is 1.64 bits per heavy atom. The van der Waals surface area contributed by atoms with E-state index in [1.54, 1.807) is 12.1 Å². The van der Waals surface area contributed by atoms with Crippen LogP contribution in [0.25, 0.3) is 0 Å². The van der Waals surface area contributed by atoms with Crippen LogP contribution in [0.1, 0.15) is 55.8 Å². The minimum atomic E-state index is -0.0622. The fourth-order valence-electron chi connectivity index (χ4n) is 4.89. The lowest BCUT2D eigenvalue weighted by Gasteiger charge is -2.33. The van der Waals surface area contributed by atoms with Gasteiger partial charge in [-0.3, -0.25) is 14.5 Å². The number of hydrogen-bond donors (Lipinski definition) is 1. The number of ether oxygens (including phenoxy) is 3. The maximum atomic E-state index is 13.1. The summed E-state index contributed by atoms with van der Waals surface area (Å²) in [6.45, 7) is 6.32. The molecule has 2 aliphatic rings. The summed E-state index contributed by atoms with van der Waals surface area (Å²) in [6, 6.07) is 3.99. The van der Waals surface area contributed by atoms with Crippen molar-refractivity contribution in [2.45, 2.75) is 51.5 Å². The van der Waals surface area contributed by atoms with Crippen LogP contribution >= 0.6 is 0 Å². The second-order valence-electron chi connectivity index (χ2n) is 9.08. The van der Waals surface area contributed by atoms with Crippen LogP contribution in [0.15, 0.2) is 12.1 Å². The first-order valence-electron chi connectivity index (χ1n) is 12.1. The lowest BCUT2D eigenvalue weighted by molar-refractivity contribution is -0.122. The van der Waals surface area contributed by atoms with E-state index >= 15 is 0 Å². The van der Waals surface area contributed by atoms with Gasteiger partial charge in [0.25, 0.3) is 5.91 Å². The van der Waals surface area contributed by atoms with E-state index in [4.69, 9.17) is 14.2 Å². The molecule has 8 heteroatoms. The molecule has 2 aliphatic heterocycles. The highest BCUT2D eigenvalue weighted by Gasteiger charge is 2.27. The monoisotopic (exact) mass is 461 g/mol. The van der Waals surface area contributed by atoms with Gasteiger partial charge in [-0.1, -0.05) is 6.42 Å². The predicted molar refractivity (Wildman–Crippen MR) is 127 cm³/mol. The molecule has 8 nitrogen and oxygen atoms in total. The number of carbonyl (C=O) groups excluding carboxylic acids is 2. The van der Waals surface area contributed by atoms with Crippen molar-refractivity contribution < 1.29 is 23.8 Å². The molecule has 2 amide bonds. The quantitative estimate of drug-likeness (QED) is 0.609. The predicted octanol–water partition coefficient (Wildman–Crippen LogP) is 2.95. The summed E-state index contributed by atoms with van der Waals surface area (Å²) in [5, 5.41) is 3.09. The molecule has 0 radical (unpaired) electrons. The Balaban J connectivity index is 1.45. The third kappa shape index (κ3) is 6.53. The molecule has 0 spiro atoms. The first kappa shape index (κ1) is 25.1. The highest BCUT2D eigenvalue weighted by Crippen LogP contribution is 2.38. The Morgan fingerprint density at radius 1 is 0.970 bits per heavy atom. The summed E-state index contributed by atoms with van der Waals surface area (Å²) >= 11 is 0. The van der Waals surface area contributed by atoms with E-state index < -0.39 is 0 Å². The van der Waals surface area contributed by atoms with Crippen molar-refractivity contribution in [3.63, 3.8) is 0 Å². The number of nitrogens with one attached hydrogen (secondary N) is 1. The Morgan fingerprint density at radius 3 is 2.21 bits per heavy atom. The summed E-state index contributed by atoms with van der Waals surface area (Å²) < 4.78 is 16.1. The number of piperidine rings is 2. The topological polar surface area (TPSA) is 80.3 Å². The molecular weight excluding hydrogens is 422 g/mol. The van der Waals surface area contributed by atoms with Crippen LogP contribution in [-0.4, -0.2) is 81.7 Å². The van der Waals surface area contributed by atoms with E-state index in [0.29, 0.717) is 60.8 Å². The number of hydrogen-bond acceptors (Lipinski definition) is 6. The molecule has 1 atom stereocenters. The van der Waals surface area contributed by atoms with Crippen LogP contribution in [0.4, 0.5) is 0 Å². The smallest absolute Gasteiger partial charge is 0.254 e. The molecule has 1 aromatic carbocycles. The summed E-state index contributed by atoms with van der Waals surface area (Å²) in [5.41, 5.74) is 0.507. The molecule has 33 heavy (non-hydrogen) atoms. The number of carbonyl (C=O) groups is 2. The van der Waals surface area contributed by atoms with Gasteiger partial charge < -0.3 is 24.4 Å². The Labute approximate surface area is 197 Å². The summed E-state index contributed by atoms with van der Waals surface area (Å²) in [7, 11) is 4.61. The van der Waals surface area contributed by atoms with E-state index in [1.807, 2.05) is 4.90 Å². The molecule has 0 aromatic heterocycles. The number of amides is 2. The summed E-state index contributed by atoms with van der Waals surface area (Å²) in [5.74, 6) is 1.76. The summed E-state index contributed by atoms with van der Waals surface area (Å²) in [4.78, 5) is 29.8. The van der Waals surface area contributed by atoms with Gasteiger partial charge in [0.1, 0.15) is 0 Å². The van der Waals surface area contributed by atoms with E-state index in [0.717, 1.165) is 25.9 Å². The van der Waals surface area contributed by atoms with E-state index in [1.165, 1.54) is 40.6 Å². The standard InChI is InChI=1S/C25H39N3O5/c1-18-7-5-6-11-27(18)14-10-26-23(29)15-19-8-12-28(13-9-19)25(30)20-16-21(31-2)24(33-4)22(17-20)32-3/h16-19H,5-15H2,1-4H3,(H,26,29)/t18-/m1/s1. The third-order valence-corrected chi connectivity index (χ3v) is 6.95. The molecule has 3 rings (SSSR count). The lowest BCUT2D eigenvalue weighted by atomic mass is 9.92. The van der Waals surface area contributed by atoms with E-state index in [9.17, 15) is 9.59 Å². The molecule has 0 saturated carbocycles. The molecule has 184 valence electrons. The van der Waals surface area contributed by atoms with E-state index in [2.05, 4.69) is 17.1 Å². The van der Waals surface area contributed by atoms with Crippen molar-refractivity contribution in [1.82, 2.24) is 15.1 Å². The highest BCUT2D eigenvalue weighted by atomic mass is 16.5. The molecule has 2 heterocycles. The highest BCUT2D eigenvalue weighted by molar-refractivity contribution is 5.95. The minimum absolute atomic E-state index is 0.0622. The van der Waals surface area contributed by atoms with Gasteiger partial charge in [0.2, 0.25) is 11.7 Å². The minimum Gasteiger partial charge on any atom is -0.493 e. The molecule has 0 bridgehead atoms. The van der Waals surface area contributed by atoms with Crippen LogP contribution in [0, 0.1) is 5.92 Å². The maximum Gasteiger partial charge on any atom is 0.254 e. The van der Waals surface area contributed by atoms with Gasteiger partial charge in [0.15, 0.2) is 11.5 Å². The van der Waals surface area contributed by atoms with Crippen molar-refractivity contribution in [3.8, 4) is 17.2 Å². The molecule has 2 saturated heterocycles. The lowest BCUT2D eigenvalue weighted by Crippen LogP contribution is -2.43. The van der Waals surface area contributed by atoms with Crippen molar-refractivity contribution in [2.24, 2.45) is 5.92 Å². The van der Waals surface area contributed by atoms with Gasteiger partial charge in [-0.05, 0) is 57.2 Å². The first-order valence-corrected chi connectivity index (χ1v) is 12.1. The van der Waals surface area contributed by atoms with Gasteiger partial charge in [0, 0.05) is 44.2 Å². The van der Waals surface area contributed by atoms with Gasteiger partial charge in [-0.2, -0.15) is 0 Å². The zero-order valence-electron chi connectivity index (χ0n) is 20.5. The fraction of sp³-hybridized carbons (Fsp3) is 0.680. The van der Waals surface area contributed by atoms with Crippen LogP contribution in [-0.2, 0) is 4.79 Å². The SMILES string of the molecule is COc1cc(C(=O)N2CCC(CC(=O)NCCN3CCCC[C@H]3C)CC2)cc(OC)c1OC. The van der Waals surface area contributed by atoms with Gasteiger partial charge in [0.05, 0.1) is 21.3 Å². The van der Waals surface area contributed by atoms with Crippen molar-refractivity contribution in [1.29, 1.82) is 0 Å². The van der Waals surface area contributed by atoms with Crippen molar-refractivity contribution in [3.05, 3.63) is 17.7 Å². The third-order valence-electron chi connectivity index (χ3n) is 6.95. The number of benzene rings is 1. The number of nitrogens with zero attached hydrogens (tertiary/aromatic N) is 2. The van der Waals surface area contributed by atoms with Crippen LogP contribution in [0.2, 0.25) is 0 Å².